The normalized spacial score (nSPS) is 27.0. The van der Waals surface area contributed by atoms with Gasteiger partial charge in [0.1, 0.15) is 0 Å². The van der Waals surface area contributed by atoms with Crippen LogP contribution in [0.1, 0.15) is 13.3 Å². The lowest BCUT2D eigenvalue weighted by Gasteiger charge is -2.38. The zero-order chi connectivity index (χ0) is 20.2. The predicted molar refractivity (Wildman–Crippen MR) is 107 cm³/mol. The summed E-state index contributed by atoms with van der Waals surface area (Å²) in [6, 6.07) is 1.83. The highest BCUT2D eigenvalue weighted by atomic mass is 16.7. The third kappa shape index (κ3) is 4.13. The molecule has 2 aliphatic heterocycles. The minimum atomic E-state index is -0.355. The van der Waals surface area contributed by atoms with E-state index in [1.54, 1.807) is 12.4 Å². The highest BCUT2D eigenvalue weighted by Crippen LogP contribution is 2.44. The molecule has 3 aliphatic rings. The molecule has 1 aliphatic carbocycles. The van der Waals surface area contributed by atoms with E-state index in [9.17, 15) is 4.79 Å². The topological polar surface area (TPSA) is 77.0 Å². The molecular weight excluding hydrogens is 372 g/mol. The average Bonchev–Trinajstić information content (AvgIpc) is 3.19. The van der Waals surface area contributed by atoms with Crippen molar-refractivity contribution >= 4 is 11.9 Å². The molecular formula is C21H28N4O4. The smallest absolute Gasteiger partial charge is 0.337 e. The number of methoxy groups -OCH3 is 1. The van der Waals surface area contributed by atoms with E-state index < -0.39 is 0 Å². The molecule has 0 amide bonds. The second-order valence-electron chi connectivity index (χ2n) is 7.48. The van der Waals surface area contributed by atoms with Gasteiger partial charge in [0.25, 0.3) is 0 Å². The van der Waals surface area contributed by atoms with Gasteiger partial charge in [-0.25, -0.2) is 14.8 Å². The van der Waals surface area contributed by atoms with Crippen LogP contribution in [0.3, 0.4) is 0 Å². The van der Waals surface area contributed by atoms with Crippen molar-refractivity contribution in [3.05, 3.63) is 41.9 Å². The number of anilines is 1. The Morgan fingerprint density at radius 2 is 2.00 bits per heavy atom. The van der Waals surface area contributed by atoms with Crippen LogP contribution in [0.25, 0.3) is 0 Å². The highest BCUT2D eigenvalue weighted by molar-refractivity contribution is 5.89. The van der Waals surface area contributed by atoms with Crippen molar-refractivity contribution in [2.45, 2.75) is 19.6 Å². The van der Waals surface area contributed by atoms with Crippen molar-refractivity contribution in [2.75, 3.05) is 51.3 Å². The summed E-state index contributed by atoms with van der Waals surface area (Å²) in [4.78, 5) is 25.5. The van der Waals surface area contributed by atoms with Crippen molar-refractivity contribution in [1.29, 1.82) is 0 Å². The first-order valence-electron chi connectivity index (χ1n) is 10.2. The molecule has 1 saturated heterocycles. The Kier molecular flexibility index (Phi) is 6.10. The maximum absolute atomic E-state index is 12.2. The number of carbonyl (C=O) groups is 1. The minimum Gasteiger partial charge on any atom is -0.471 e. The molecule has 1 aromatic rings. The molecule has 0 spiro atoms. The number of carbonyl (C=O) groups excluding carboxylic acids is 1. The molecule has 4 rings (SSSR count). The molecule has 3 heterocycles. The van der Waals surface area contributed by atoms with E-state index in [1.165, 1.54) is 18.9 Å². The van der Waals surface area contributed by atoms with Crippen LogP contribution in [-0.2, 0) is 19.0 Å². The summed E-state index contributed by atoms with van der Waals surface area (Å²) in [5, 5.41) is 0. The van der Waals surface area contributed by atoms with Crippen molar-refractivity contribution in [2.24, 2.45) is 11.8 Å². The number of rotatable bonds is 6. The summed E-state index contributed by atoms with van der Waals surface area (Å²) >= 11 is 0. The summed E-state index contributed by atoms with van der Waals surface area (Å²) in [6.07, 6.45) is 7.79. The Morgan fingerprint density at radius 1 is 1.24 bits per heavy atom. The standard InChI is InChI=1S/C21H28N4O4/c1-3-28-20-18-15(5-6-16(18)17(14-29-20)19(26)27-2)13-24-9-11-25(12-10-24)21-22-7-4-8-23-21/h4-5,7-8,14,16,18,20H,3,6,9-13H2,1-2H3. The molecule has 0 bridgehead atoms. The van der Waals surface area contributed by atoms with Crippen LogP contribution in [-0.4, -0.2) is 73.6 Å². The molecule has 0 saturated carbocycles. The molecule has 1 aromatic heterocycles. The van der Waals surface area contributed by atoms with E-state index in [4.69, 9.17) is 14.2 Å². The molecule has 156 valence electrons. The quantitative estimate of drug-likeness (QED) is 0.527. The number of hydrogen-bond donors (Lipinski definition) is 0. The van der Waals surface area contributed by atoms with E-state index in [0.717, 1.165) is 45.1 Å². The number of fused-ring (bicyclic) bond motifs is 1. The van der Waals surface area contributed by atoms with Gasteiger partial charge in [-0.3, -0.25) is 4.90 Å². The number of hydrogen-bond acceptors (Lipinski definition) is 8. The summed E-state index contributed by atoms with van der Waals surface area (Å²) in [5.41, 5.74) is 1.89. The van der Waals surface area contributed by atoms with E-state index in [1.807, 2.05) is 13.0 Å². The number of aromatic nitrogens is 2. The predicted octanol–water partition coefficient (Wildman–Crippen LogP) is 1.61. The van der Waals surface area contributed by atoms with E-state index >= 15 is 0 Å². The van der Waals surface area contributed by atoms with Crippen molar-refractivity contribution < 1.29 is 19.0 Å². The molecule has 3 atom stereocenters. The van der Waals surface area contributed by atoms with Crippen LogP contribution in [0.15, 0.2) is 41.9 Å². The monoisotopic (exact) mass is 400 g/mol. The third-order valence-electron chi connectivity index (χ3n) is 5.88. The van der Waals surface area contributed by atoms with Crippen molar-refractivity contribution in [1.82, 2.24) is 14.9 Å². The van der Waals surface area contributed by atoms with Gasteiger partial charge in [0.15, 0.2) is 0 Å². The fourth-order valence-electron chi connectivity index (χ4n) is 4.43. The molecule has 0 aromatic carbocycles. The lowest BCUT2D eigenvalue weighted by Crippen LogP contribution is -2.48. The van der Waals surface area contributed by atoms with Gasteiger partial charge >= 0.3 is 5.97 Å². The van der Waals surface area contributed by atoms with E-state index in [2.05, 4.69) is 25.8 Å². The lowest BCUT2D eigenvalue weighted by atomic mass is 9.83. The van der Waals surface area contributed by atoms with Gasteiger partial charge in [0.2, 0.25) is 12.2 Å². The van der Waals surface area contributed by atoms with Crippen molar-refractivity contribution in [3.8, 4) is 0 Å². The number of piperazine rings is 1. The van der Waals surface area contributed by atoms with Gasteiger partial charge in [0.05, 0.1) is 24.9 Å². The first kappa shape index (κ1) is 19.8. The number of allylic oxidation sites excluding steroid dienone is 1. The van der Waals surface area contributed by atoms with Crippen LogP contribution in [0.2, 0.25) is 0 Å². The van der Waals surface area contributed by atoms with Crippen molar-refractivity contribution in [3.63, 3.8) is 0 Å². The number of esters is 1. The van der Waals surface area contributed by atoms with Crippen LogP contribution in [0.5, 0.6) is 0 Å². The Labute approximate surface area is 171 Å². The van der Waals surface area contributed by atoms with Gasteiger partial charge in [-0.2, -0.15) is 0 Å². The first-order valence-corrected chi connectivity index (χ1v) is 10.2. The zero-order valence-corrected chi connectivity index (χ0v) is 17.0. The Bertz CT molecular complexity index is 774. The summed E-state index contributed by atoms with van der Waals surface area (Å²) < 4.78 is 16.6. The average molecular weight is 400 g/mol. The fourth-order valence-corrected chi connectivity index (χ4v) is 4.43. The zero-order valence-electron chi connectivity index (χ0n) is 17.0. The van der Waals surface area contributed by atoms with Crippen LogP contribution in [0, 0.1) is 11.8 Å². The molecule has 0 N–H and O–H groups in total. The molecule has 3 unspecified atom stereocenters. The largest absolute Gasteiger partial charge is 0.471 e. The van der Waals surface area contributed by atoms with Gasteiger partial charge in [0, 0.05) is 57.6 Å². The van der Waals surface area contributed by atoms with Crippen LogP contribution in [0.4, 0.5) is 5.95 Å². The van der Waals surface area contributed by atoms with Crippen LogP contribution < -0.4 is 4.90 Å². The van der Waals surface area contributed by atoms with E-state index in [-0.39, 0.29) is 24.1 Å². The lowest BCUT2D eigenvalue weighted by molar-refractivity contribution is -0.153. The molecule has 1 fully saturated rings. The summed E-state index contributed by atoms with van der Waals surface area (Å²) in [7, 11) is 1.41. The number of nitrogens with zero attached hydrogens (tertiary/aromatic N) is 4. The summed E-state index contributed by atoms with van der Waals surface area (Å²) in [5.74, 6) is 0.574. The molecule has 8 heteroatoms. The van der Waals surface area contributed by atoms with Crippen LogP contribution >= 0.6 is 0 Å². The third-order valence-corrected chi connectivity index (χ3v) is 5.88. The summed E-state index contributed by atoms with van der Waals surface area (Å²) in [6.45, 7) is 7.04. The maximum atomic E-state index is 12.2. The Morgan fingerprint density at radius 3 is 2.69 bits per heavy atom. The van der Waals surface area contributed by atoms with Gasteiger partial charge in [-0.15, -0.1) is 0 Å². The fraction of sp³-hybridized carbons (Fsp3) is 0.571. The maximum Gasteiger partial charge on any atom is 0.337 e. The molecule has 29 heavy (non-hydrogen) atoms. The Balaban J connectivity index is 1.40. The SMILES string of the molecule is CCOC1OC=C(C(=O)OC)C2CC=C(CN3CCN(c4ncccn4)CC3)C12. The second kappa shape index (κ2) is 8.92. The minimum absolute atomic E-state index is 0.0459. The number of ether oxygens (including phenoxy) is 3. The highest BCUT2D eigenvalue weighted by Gasteiger charge is 2.45. The Hall–Kier alpha value is -2.45. The van der Waals surface area contributed by atoms with Gasteiger partial charge in [-0.05, 0) is 19.4 Å². The van der Waals surface area contributed by atoms with Gasteiger partial charge < -0.3 is 19.1 Å². The second-order valence-corrected chi connectivity index (χ2v) is 7.48. The van der Waals surface area contributed by atoms with Gasteiger partial charge in [-0.1, -0.05) is 11.6 Å². The van der Waals surface area contributed by atoms with E-state index in [0.29, 0.717) is 12.2 Å². The first-order chi connectivity index (χ1) is 14.2. The molecule has 8 nitrogen and oxygen atoms in total. The molecule has 0 radical (unpaired) electrons.